The fourth-order valence-electron chi connectivity index (χ4n) is 4.29. The molecule has 0 aliphatic carbocycles. The Hall–Kier alpha value is -4.58. The molecule has 0 heterocycles. The summed E-state index contributed by atoms with van der Waals surface area (Å²) in [6.45, 7) is 4.73. The summed E-state index contributed by atoms with van der Waals surface area (Å²) in [5, 5.41) is 0. The van der Waals surface area contributed by atoms with E-state index in [0.717, 1.165) is 22.5 Å². The normalized spacial score (nSPS) is 10.5. The Balaban J connectivity index is 1.49. The number of nitrogens with zero attached hydrogens (tertiary/aromatic N) is 2. The lowest BCUT2D eigenvalue weighted by molar-refractivity contribution is -0.121. The molecule has 0 N–H and O–H groups in total. The summed E-state index contributed by atoms with van der Waals surface area (Å²) in [7, 11) is 0. The van der Waals surface area contributed by atoms with Crippen molar-refractivity contribution in [3.63, 3.8) is 0 Å². The van der Waals surface area contributed by atoms with Crippen LogP contribution in [-0.4, -0.2) is 38.1 Å². The highest BCUT2D eigenvalue weighted by Gasteiger charge is 2.18. The zero-order valence-electron chi connectivity index (χ0n) is 21.7. The minimum Gasteiger partial charge on any atom is -0.483 e. The van der Waals surface area contributed by atoms with Gasteiger partial charge in [0.2, 0.25) is 0 Å². The highest BCUT2D eigenvalue weighted by molar-refractivity contribution is 5.95. The lowest BCUT2D eigenvalue weighted by atomic mass is 10.0. The molecular weight excluding hydrogens is 476 g/mol. The van der Waals surface area contributed by atoms with Gasteiger partial charge in [-0.1, -0.05) is 72.8 Å². The van der Waals surface area contributed by atoms with E-state index in [-0.39, 0.29) is 25.0 Å². The molecule has 0 bridgehead atoms. The van der Waals surface area contributed by atoms with Crippen LogP contribution in [0.3, 0.4) is 0 Å². The van der Waals surface area contributed by atoms with Crippen molar-refractivity contribution in [2.45, 2.75) is 13.8 Å². The molecular formula is C32H32N2O4. The minimum absolute atomic E-state index is 0.107. The van der Waals surface area contributed by atoms with Gasteiger partial charge < -0.3 is 19.3 Å². The molecule has 2 amide bonds. The van der Waals surface area contributed by atoms with E-state index < -0.39 is 0 Å². The molecule has 4 rings (SSSR count). The van der Waals surface area contributed by atoms with E-state index in [1.165, 1.54) is 0 Å². The molecule has 0 fully saturated rings. The first kappa shape index (κ1) is 26.5. The van der Waals surface area contributed by atoms with Crippen LogP contribution in [-0.2, 0) is 9.59 Å². The zero-order chi connectivity index (χ0) is 26.7. The first-order valence-electron chi connectivity index (χ1n) is 12.8. The number of para-hydroxylation sites is 4. The van der Waals surface area contributed by atoms with Crippen LogP contribution < -0.4 is 19.3 Å². The molecule has 0 aromatic heterocycles. The summed E-state index contributed by atoms with van der Waals surface area (Å²) in [6.07, 6.45) is 0. The fourth-order valence-corrected chi connectivity index (χ4v) is 4.29. The molecule has 6 heteroatoms. The molecule has 0 spiro atoms. The molecule has 4 aromatic carbocycles. The van der Waals surface area contributed by atoms with Gasteiger partial charge in [-0.05, 0) is 50.2 Å². The van der Waals surface area contributed by atoms with Crippen LogP contribution >= 0.6 is 0 Å². The fraction of sp³-hybridized carbons (Fsp3) is 0.188. The molecule has 0 aliphatic heterocycles. The largest absolute Gasteiger partial charge is 0.483 e. The van der Waals surface area contributed by atoms with Crippen molar-refractivity contribution in [3.05, 3.63) is 109 Å². The van der Waals surface area contributed by atoms with Crippen molar-refractivity contribution >= 4 is 23.2 Å². The number of likely N-dealkylation sites (N-methyl/N-ethyl adjacent to an activating group) is 2. The number of carbonyl (C=O) groups excluding carboxylic acids is 2. The van der Waals surface area contributed by atoms with Gasteiger partial charge in [0, 0.05) is 35.6 Å². The topological polar surface area (TPSA) is 59.1 Å². The summed E-state index contributed by atoms with van der Waals surface area (Å²) >= 11 is 0. The van der Waals surface area contributed by atoms with Crippen molar-refractivity contribution in [2.75, 3.05) is 36.1 Å². The maximum absolute atomic E-state index is 13.0. The highest BCUT2D eigenvalue weighted by Crippen LogP contribution is 2.36. The standard InChI is InChI=1S/C32H32N2O4/c1-3-33(25-15-7-5-8-16-25)31(35)23-37-29-21-13-11-19-27(29)28-20-12-14-22-30(28)38-24-32(36)34(4-2)26-17-9-6-10-18-26/h5-22H,3-4,23-24H2,1-2H3. The number of ether oxygens (including phenoxy) is 2. The second kappa shape index (κ2) is 13.1. The Morgan fingerprint density at radius 1 is 0.526 bits per heavy atom. The number of anilines is 2. The number of hydrogen-bond donors (Lipinski definition) is 0. The Morgan fingerprint density at radius 2 is 0.868 bits per heavy atom. The molecule has 0 atom stereocenters. The smallest absolute Gasteiger partial charge is 0.264 e. The van der Waals surface area contributed by atoms with Crippen LogP contribution in [0.25, 0.3) is 11.1 Å². The molecule has 0 unspecified atom stereocenters. The number of benzene rings is 4. The Morgan fingerprint density at radius 3 is 1.24 bits per heavy atom. The average molecular weight is 509 g/mol. The lowest BCUT2D eigenvalue weighted by Crippen LogP contribution is -2.34. The molecule has 0 saturated carbocycles. The third kappa shape index (κ3) is 6.40. The zero-order valence-corrected chi connectivity index (χ0v) is 21.7. The number of carbonyl (C=O) groups is 2. The van der Waals surface area contributed by atoms with Crippen LogP contribution in [0.2, 0.25) is 0 Å². The van der Waals surface area contributed by atoms with E-state index in [0.29, 0.717) is 24.6 Å². The second-order valence-electron chi connectivity index (χ2n) is 8.52. The van der Waals surface area contributed by atoms with Crippen molar-refractivity contribution in [1.82, 2.24) is 0 Å². The maximum atomic E-state index is 13.0. The summed E-state index contributed by atoms with van der Waals surface area (Å²) in [5.74, 6) is 0.854. The van der Waals surface area contributed by atoms with E-state index in [2.05, 4.69) is 0 Å². The van der Waals surface area contributed by atoms with Crippen LogP contribution in [0, 0.1) is 0 Å². The SMILES string of the molecule is CCN(C(=O)COc1ccccc1-c1ccccc1OCC(=O)N(CC)c1ccccc1)c1ccccc1. The summed E-state index contributed by atoms with van der Waals surface area (Å²) in [6, 6.07) is 34.1. The van der Waals surface area contributed by atoms with E-state index in [4.69, 9.17) is 9.47 Å². The molecule has 0 saturated heterocycles. The van der Waals surface area contributed by atoms with Gasteiger partial charge in [-0.3, -0.25) is 9.59 Å². The van der Waals surface area contributed by atoms with E-state index in [9.17, 15) is 9.59 Å². The Kier molecular flexibility index (Phi) is 9.13. The third-order valence-corrected chi connectivity index (χ3v) is 6.14. The second-order valence-corrected chi connectivity index (χ2v) is 8.52. The van der Waals surface area contributed by atoms with Gasteiger partial charge in [0.1, 0.15) is 11.5 Å². The van der Waals surface area contributed by atoms with Gasteiger partial charge in [-0.15, -0.1) is 0 Å². The van der Waals surface area contributed by atoms with Gasteiger partial charge in [0.15, 0.2) is 13.2 Å². The first-order chi connectivity index (χ1) is 18.6. The number of hydrogen-bond acceptors (Lipinski definition) is 4. The van der Waals surface area contributed by atoms with Gasteiger partial charge >= 0.3 is 0 Å². The maximum Gasteiger partial charge on any atom is 0.264 e. The quantitative estimate of drug-likeness (QED) is 0.241. The number of amides is 2. The Labute approximate surface area is 224 Å². The van der Waals surface area contributed by atoms with Crippen molar-refractivity contribution in [1.29, 1.82) is 0 Å². The van der Waals surface area contributed by atoms with Gasteiger partial charge in [-0.2, -0.15) is 0 Å². The van der Waals surface area contributed by atoms with Gasteiger partial charge in [0.05, 0.1) is 0 Å². The predicted octanol–water partition coefficient (Wildman–Crippen LogP) is 6.22. The first-order valence-corrected chi connectivity index (χ1v) is 12.8. The van der Waals surface area contributed by atoms with Crippen LogP contribution in [0.1, 0.15) is 13.8 Å². The highest BCUT2D eigenvalue weighted by atomic mass is 16.5. The Bertz CT molecular complexity index is 1240. The van der Waals surface area contributed by atoms with Gasteiger partial charge in [-0.25, -0.2) is 0 Å². The molecule has 0 aliphatic rings. The van der Waals surface area contributed by atoms with Crippen LogP contribution in [0.4, 0.5) is 11.4 Å². The molecule has 0 radical (unpaired) electrons. The van der Waals surface area contributed by atoms with E-state index in [1.807, 2.05) is 123 Å². The third-order valence-electron chi connectivity index (χ3n) is 6.14. The molecule has 4 aromatic rings. The average Bonchev–Trinajstić information content (AvgIpc) is 2.97. The van der Waals surface area contributed by atoms with Crippen LogP contribution in [0.15, 0.2) is 109 Å². The van der Waals surface area contributed by atoms with E-state index >= 15 is 0 Å². The summed E-state index contributed by atoms with van der Waals surface area (Å²) in [5.41, 5.74) is 3.22. The predicted molar refractivity (Wildman–Crippen MR) is 152 cm³/mol. The molecule has 6 nitrogen and oxygen atoms in total. The van der Waals surface area contributed by atoms with Crippen molar-refractivity contribution < 1.29 is 19.1 Å². The monoisotopic (exact) mass is 508 g/mol. The van der Waals surface area contributed by atoms with Crippen LogP contribution in [0.5, 0.6) is 11.5 Å². The molecule has 194 valence electrons. The van der Waals surface area contributed by atoms with Gasteiger partial charge in [0.25, 0.3) is 11.8 Å². The van der Waals surface area contributed by atoms with E-state index in [1.54, 1.807) is 9.80 Å². The minimum atomic E-state index is -0.135. The van der Waals surface area contributed by atoms with Crippen molar-refractivity contribution in [2.24, 2.45) is 0 Å². The molecule has 38 heavy (non-hydrogen) atoms. The van der Waals surface area contributed by atoms with Crippen molar-refractivity contribution in [3.8, 4) is 22.6 Å². The number of rotatable bonds is 11. The lowest BCUT2D eigenvalue weighted by Gasteiger charge is -2.22. The summed E-state index contributed by atoms with van der Waals surface area (Å²) in [4.78, 5) is 29.4. The summed E-state index contributed by atoms with van der Waals surface area (Å²) < 4.78 is 12.1.